The first kappa shape index (κ1) is 17.1. The van der Waals surface area contributed by atoms with Crippen molar-refractivity contribution in [2.75, 3.05) is 13.2 Å². The van der Waals surface area contributed by atoms with Crippen LogP contribution in [-0.2, 0) is 22.6 Å². The van der Waals surface area contributed by atoms with Crippen LogP contribution in [0, 0.1) is 0 Å². The predicted octanol–water partition coefficient (Wildman–Crippen LogP) is 3.79. The molecule has 27 heavy (non-hydrogen) atoms. The van der Waals surface area contributed by atoms with Gasteiger partial charge in [-0.2, -0.15) is 0 Å². The maximum atomic E-state index is 12.0. The van der Waals surface area contributed by atoms with E-state index in [9.17, 15) is 4.79 Å². The van der Waals surface area contributed by atoms with E-state index in [1.165, 1.54) is 0 Å². The van der Waals surface area contributed by atoms with Gasteiger partial charge in [-0.3, -0.25) is 4.79 Å². The summed E-state index contributed by atoms with van der Waals surface area (Å²) < 4.78 is 21.6. The molecular weight excluding hydrogens is 346 g/mol. The SMILES string of the molecule is O=C(CCc1ccc2c(c1)OCCO2)OCc1cc(-c2ccccc2)on1. The van der Waals surface area contributed by atoms with Crippen molar-refractivity contribution in [3.8, 4) is 22.8 Å². The van der Waals surface area contributed by atoms with Gasteiger partial charge in [-0.05, 0) is 24.1 Å². The van der Waals surface area contributed by atoms with E-state index in [4.69, 9.17) is 18.7 Å². The zero-order valence-corrected chi connectivity index (χ0v) is 14.7. The Morgan fingerprint density at radius 3 is 2.67 bits per heavy atom. The molecule has 2 heterocycles. The second kappa shape index (κ2) is 7.95. The highest BCUT2D eigenvalue weighted by atomic mass is 16.6. The summed E-state index contributed by atoms with van der Waals surface area (Å²) in [4.78, 5) is 12.0. The average molecular weight is 365 g/mol. The molecule has 0 unspecified atom stereocenters. The van der Waals surface area contributed by atoms with Crippen molar-refractivity contribution in [2.45, 2.75) is 19.4 Å². The van der Waals surface area contributed by atoms with E-state index in [-0.39, 0.29) is 19.0 Å². The number of aryl methyl sites for hydroxylation is 1. The highest BCUT2D eigenvalue weighted by Gasteiger charge is 2.13. The van der Waals surface area contributed by atoms with Crippen molar-refractivity contribution in [3.63, 3.8) is 0 Å². The summed E-state index contributed by atoms with van der Waals surface area (Å²) in [6.07, 6.45) is 0.854. The summed E-state index contributed by atoms with van der Waals surface area (Å²) in [5.74, 6) is 1.84. The second-order valence-corrected chi connectivity index (χ2v) is 6.19. The first-order chi connectivity index (χ1) is 13.3. The minimum absolute atomic E-state index is 0.0936. The molecule has 4 rings (SSSR count). The molecule has 0 aliphatic carbocycles. The Morgan fingerprint density at radius 1 is 1.00 bits per heavy atom. The van der Waals surface area contributed by atoms with E-state index in [0.29, 0.717) is 31.1 Å². The molecule has 6 heteroatoms. The topological polar surface area (TPSA) is 70.8 Å². The fraction of sp³-hybridized carbons (Fsp3) is 0.238. The molecule has 1 aliphatic rings. The third kappa shape index (κ3) is 4.28. The van der Waals surface area contributed by atoms with Gasteiger partial charge < -0.3 is 18.7 Å². The molecule has 0 atom stereocenters. The molecule has 3 aromatic rings. The lowest BCUT2D eigenvalue weighted by molar-refractivity contribution is -0.145. The van der Waals surface area contributed by atoms with Gasteiger partial charge in [0, 0.05) is 18.1 Å². The number of fused-ring (bicyclic) bond motifs is 1. The minimum atomic E-state index is -0.283. The van der Waals surface area contributed by atoms with E-state index in [2.05, 4.69) is 5.16 Å². The van der Waals surface area contributed by atoms with Gasteiger partial charge >= 0.3 is 5.97 Å². The first-order valence-electron chi connectivity index (χ1n) is 8.83. The average Bonchev–Trinajstić information content (AvgIpc) is 3.20. The van der Waals surface area contributed by atoms with Crippen LogP contribution in [0.25, 0.3) is 11.3 Å². The standard InChI is InChI=1S/C21H19NO5/c23-21(9-7-15-6-8-18-20(12-15)25-11-10-24-18)26-14-17-13-19(27-22-17)16-4-2-1-3-5-16/h1-6,8,12-13H,7,9-11,14H2. The van der Waals surface area contributed by atoms with E-state index in [1.807, 2.05) is 48.5 Å². The van der Waals surface area contributed by atoms with Gasteiger partial charge in [0.25, 0.3) is 0 Å². The van der Waals surface area contributed by atoms with Crippen molar-refractivity contribution in [1.82, 2.24) is 5.16 Å². The molecule has 0 fully saturated rings. The first-order valence-corrected chi connectivity index (χ1v) is 8.83. The van der Waals surface area contributed by atoms with Crippen molar-refractivity contribution < 1.29 is 23.5 Å². The molecule has 0 N–H and O–H groups in total. The summed E-state index contributed by atoms with van der Waals surface area (Å²) in [5.41, 5.74) is 2.52. The number of ether oxygens (including phenoxy) is 3. The van der Waals surface area contributed by atoms with Crippen LogP contribution in [0.3, 0.4) is 0 Å². The summed E-state index contributed by atoms with van der Waals surface area (Å²) in [5, 5.41) is 3.95. The Morgan fingerprint density at radius 2 is 1.81 bits per heavy atom. The van der Waals surface area contributed by atoms with Crippen LogP contribution >= 0.6 is 0 Å². The fourth-order valence-electron chi connectivity index (χ4n) is 2.83. The zero-order chi connectivity index (χ0) is 18.5. The van der Waals surface area contributed by atoms with Gasteiger partial charge in [-0.1, -0.05) is 41.6 Å². The second-order valence-electron chi connectivity index (χ2n) is 6.19. The lowest BCUT2D eigenvalue weighted by Crippen LogP contribution is -2.15. The number of hydrogen-bond donors (Lipinski definition) is 0. The number of benzene rings is 2. The van der Waals surface area contributed by atoms with Crippen LogP contribution < -0.4 is 9.47 Å². The largest absolute Gasteiger partial charge is 0.486 e. The molecule has 0 radical (unpaired) electrons. The maximum Gasteiger partial charge on any atom is 0.306 e. The van der Waals surface area contributed by atoms with E-state index in [1.54, 1.807) is 6.07 Å². The van der Waals surface area contributed by atoms with Gasteiger partial charge in [0.05, 0.1) is 0 Å². The zero-order valence-electron chi connectivity index (χ0n) is 14.7. The van der Waals surface area contributed by atoms with Gasteiger partial charge in [0.15, 0.2) is 17.3 Å². The Balaban J connectivity index is 1.27. The molecule has 0 amide bonds. The van der Waals surface area contributed by atoms with E-state index in [0.717, 1.165) is 22.6 Å². The number of carbonyl (C=O) groups excluding carboxylic acids is 1. The number of esters is 1. The van der Waals surface area contributed by atoms with Crippen molar-refractivity contribution in [1.29, 1.82) is 0 Å². The van der Waals surface area contributed by atoms with Crippen molar-refractivity contribution >= 4 is 5.97 Å². The third-order valence-electron chi connectivity index (χ3n) is 4.22. The van der Waals surface area contributed by atoms with Crippen molar-refractivity contribution in [2.24, 2.45) is 0 Å². The normalized spacial score (nSPS) is 12.6. The van der Waals surface area contributed by atoms with Gasteiger partial charge in [-0.15, -0.1) is 0 Å². The van der Waals surface area contributed by atoms with Crippen LogP contribution in [-0.4, -0.2) is 24.3 Å². The van der Waals surface area contributed by atoms with Crippen LogP contribution in [0.15, 0.2) is 59.1 Å². The lowest BCUT2D eigenvalue weighted by Gasteiger charge is -2.18. The summed E-state index contributed by atoms with van der Waals surface area (Å²) in [6.45, 7) is 1.20. The number of rotatable bonds is 6. The molecular formula is C21H19NO5. The third-order valence-corrected chi connectivity index (χ3v) is 4.22. The highest BCUT2D eigenvalue weighted by Crippen LogP contribution is 2.31. The molecule has 138 valence electrons. The maximum absolute atomic E-state index is 12.0. The summed E-state index contributed by atoms with van der Waals surface area (Å²) >= 11 is 0. The summed E-state index contributed by atoms with van der Waals surface area (Å²) in [6, 6.07) is 17.2. The molecule has 6 nitrogen and oxygen atoms in total. The molecule has 0 saturated heterocycles. The molecule has 1 aliphatic heterocycles. The Hall–Kier alpha value is -3.28. The van der Waals surface area contributed by atoms with E-state index < -0.39 is 0 Å². The molecule has 0 spiro atoms. The van der Waals surface area contributed by atoms with Crippen LogP contribution in [0.4, 0.5) is 0 Å². The quantitative estimate of drug-likeness (QED) is 0.619. The summed E-state index contributed by atoms with van der Waals surface area (Å²) in [7, 11) is 0. The number of hydrogen-bond acceptors (Lipinski definition) is 6. The van der Waals surface area contributed by atoms with Crippen molar-refractivity contribution in [3.05, 3.63) is 65.9 Å². The fourth-order valence-corrected chi connectivity index (χ4v) is 2.83. The lowest BCUT2D eigenvalue weighted by atomic mass is 10.1. The Kier molecular flexibility index (Phi) is 5.05. The number of nitrogens with zero attached hydrogens (tertiary/aromatic N) is 1. The number of aromatic nitrogens is 1. The molecule has 2 aromatic carbocycles. The van der Waals surface area contributed by atoms with E-state index >= 15 is 0 Å². The van der Waals surface area contributed by atoms with Crippen LogP contribution in [0.5, 0.6) is 11.5 Å². The monoisotopic (exact) mass is 365 g/mol. The molecule has 1 aromatic heterocycles. The van der Waals surface area contributed by atoms with Crippen LogP contribution in [0.1, 0.15) is 17.7 Å². The van der Waals surface area contributed by atoms with Gasteiger partial charge in [0.1, 0.15) is 25.5 Å². The molecule has 0 saturated carbocycles. The smallest absolute Gasteiger partial charge is 0.306 e. The van der Waals surface area contributed by atoms with Gasteiger partial charge in [0.2, 0.25) is 0 Å². The Bertz CT molecular complexity index is 919. The van der Waals surface area contributed by atoms with Crippen LogP contribution in [0.2, 0.25) is 0 Å². The van der Waals surface area contributed by atoms with Gasteiger partial charge in [-0.25, -0.2) is 0 Å². The molecule has 0 bridgehead atoms. The highest BCUT2D eigenvalue weighted by molar-refractivity contribution is 5.69. The minimum Gasteiger partial charge on any atom is -0.486 e. The Labute approximate surface area is 156 Å². The number of carbonyl (C=O) groups is 1. The predicted molar refractivity (Wildman–Crippen MR) is 97.5 cm³/mol.